The topological polar surface area (TPSA) is 29.3 Å². The van der Waals surface area contributed by atoms with Crippen molar-refractivity contribution >= 4 is 23.4 Å². The Bertz CT molecular complexity index is 1140. The molecule has 0 aliphatic carbocycles. The molecule has 6 heteroatoms. The number of rotatable bonds is 7. The predicted octanol–water partition coefficient (Wildman–Crippen LogP) is 7.32. The van der Waals surface area contributed by atoms with E-state index in [1.165, 1.54) is 24.3 Å². The lowest BCUT2D eigenvalue weighted by Crippen LogP contribution is -2.34. The molecule has 0 radical (unpaired) electrons. The van der Waals surface area contributed by atoms with Gasteiger partial charge >= 0.3 is 0 Å². The SMILES string of the molecule is Cl.Fc1ccc(C(CCCN2CCC(c3noc4ccccc34)CC2)c2ccc(F)cc2)cc1. The molecule has 0 bridgehead atoms. The van der Waals surface area contributed by atoms with Crippen molar-refractivity contribution < 1.29 is 13.3 Å². The van der Waals surface area contributed by atoms with E-state index in [1.54, 1.807) is 0 Å². The van der Waals surface area contributed by atoms with Crippen molar-refractivity contribution in [2.24, 2.45) is 0 Å². The minimum atomic E-state index is -0.237. The molecule has 2 heterocycles. The Labute approximate surface area is 205 Å². The molecule has 3 aromatic carbocycles. The van der Waals surface area contributed by atoms with Crippen molar-refractivity contribution in [1.29, 1.82) is 0 Å². The van der Waals surface area contributed by atoms with Crippen molar-refractivity contribution in [3.8, 4) is 0 Å². The number of hydrogen-bond donors (Lipinski definition) is 0. The lowest BCUT2D eigenvalue weighted by molar-refractivity contribution is 0.205. The molecular weight excluding hydrogens is 454 g/mol. The fraction of sp³-hybridized carbons (Fsp3) is 0.321. The van der Waals surface area contributed by atoms with Gasteiger partial charge in [0.2, 0.25) is 0 Å². The number of hydrogen-bond acceptors (Lipinski definition) is 3. The van der Waals surface area contributed by atoms with Crippen molar-refractivity contribution in [2.75, 3.05) is 19.6 Å². The molecular formula is C28H29ClF2N2O. The van der Waals surface area contributed by atoms with Gasteiger partial charge in [-0.05, 0) is 92.8 Å². The fourth-order valence-corrected chi connectivity index (χ4v) is 5.06. The summed E-state index contributed by atoms with van der Waals surface area (Å²) in [6, 6.07) is 21.5. The summed E-state index contributed by atoms with van der Waals surface area (Å²) < 4.78 is 32.4. The smallest absolute Gasteiger partial charge is 0.167 e. The first-order chi connectivity index (χ1) is 16.2. The molecule has 0 unspecified atom stereocenters. The maximum atomic E-state index is 13.5. The summed E-state index contributed by atoms with van der Waals surface area (Å²) in [5.41, 5.74) is 4.10. The van der Waals surface area contributed by atoms with E-state index < -0.39 is 0 Å². The Morgan fingerprint density at radius 3 is 2.06 bits per heavy atom. The summed E-state index contributed by atoms with van der Waals surface area (Å²) in [6.07, 6.45) is 4.12. The normalized spacial score (nSPS) is 15.0. The highest BCUT2D eigenvalue weighted by Gasteiger charge is 2.25. The van der Waals surface area contributed by atoms with Gasteiger partial charge < -0.3 is 9.42 Å². The van der Waals surface area contributed by atoms with Crippen LogP contribution in [0.1, 0.15) is 54.3 Å². The lowest BCUT2D eigenvalue weighted by Gasteiger charge is -2.31. The largest absolute Gasteiger partial charge is 0.356 e. The zero-order valence-electron chi connectivity index (χ0n) is 19.0. The van der Waals surface area contributed by atoms with Gasteiger partial charge in [0.25, 0.3) is 0 Å². The summed E-state index contributed by atoms with van der Waals surface area (Å²) in [5, 5.41) is 5.50. The molecule has 1 aliphatic rings. The van der Waals surface area contributed by atoms with Crippen molar-refractivity contribution in [3.05, 3.63) is 101 Å². The zero-order chi connectivity index (χ0) is 22.6. The minimum absolute atomic E-state index is 0. The number of piperidine rings is 1. The van der Waals surface area contributed by atoms with Gasteiger partial charge in [-0.2, -0.15) is 0 Å². The van der Waals surface area contributed by atoms with Crippen LogP contribution in [0.3, 0.4) is 0 Å². The molecule has 0 atom stereocenters. The van der Waals surface area contributed by atoms with E-state index in [1.807, 2.05) is 42.5 Å². The number of benzene rings is 3. The first-order valence-electron chi connectivity index (χ1n) is 11.7. The van der Waals surface area contributed by atoms with Crippen molar-refractivity contribution in [3.63, 3.8) is 0 Å². The Morgan fingerprint density at radius 2 is 1.44 bits per heavy atom. The number of para-hydroxylation sites is 1. The maximum Gasteiger partial charge on any atom is 0.167 e. The van der Waals surface area contributed by atoms with E-state index in [9.17, 15) is 8.78 Å². The van der Waals surface area contributed by atoms with Crippen LogP contribution in [-0.4, -0.2) is 29.7 Å². The van der Waals surface area contributed by atoms with Gasteiger partial charge in [0.1, 0.15) is 11.6 Å². The quantitative estimate of drug-likeness (QED) is 0.276. The average Bonchev–Trinajstić information content (AvgIpc) is 3.28. The van der Waals surface area contributed by atoms with Crippen molar-refractivity contribution in [1.82, 2.24) is 10.1 Å². The van der Waals surface area contributed by atoms with Crippen LogP contribution in [0.15, 0.2) is 77.3 Å². The zero-order valence-corrected chi connectivity index (χ0v) is 19.8. The number of likely N-dealkylation sites (tertiary alicyclic amines) is 1. The van der Waals surface area contributed by atoms with Crippen LogP contribution in [0.4, 0.5) is 8.78 Å². The second-order valence-corrected chi connectivity index (χ2v) is 8.98. The van der Waals surface area contributed by atoms with Gasteiger partial charge in [0, 0.05) is 17.2 Å². The van der Waals surface area contributed by atoms with E-state index >= 15 is 0 Å². The van der Waals surface area contributed by atoms with Gasteiger partial charge in [-0.3, -0.25) is 0 Å². The molecule has 0 spiro atoms. The highest BCUT2D eigenvalue weighted by atomic mass is 35.5. The fourth-order valence-electron chi connectivity index (χ4n) is 5.06. The summed E-state index contributed by atoms with van der Waals surface area (Å²) in [4.78, 5) is 2.52. The molecule has 1 aliphatic heterocycles. The van der Waals surface area contributed by atoms with Crippen LogP contribution in [0.25, 0.3) is 11.0 Å². The summed E-state index contributed by atoms with van der Waals surface area (Å²) in [6.45, 7) is 3.11. The Morgan fingerprint density at radius 1 is 0.853 bits per heavy atom. The molecule has 0 N–H and O–H groups in total. The first-order valence-corrected chi connectivity index (χ1v) is 11.7. The van der Waals surface area contributed by atoms with Crippen LogP contribution in [0.2, 0.25) is 0 Å². The van der Waals surface area contributed by atoms with Crippen LogP contribution in [-0.2, 0) is 0 Å². The van der Waals surface area contributed by atoms with Crippen molar-refractivity contribution in [2.45, 2.75) is 37.5 Å². The standard InChI is InChI=1S/C28H28F2N2O.ClH/c29-23-11-7-20(8-12-23)25(21-9-13-24(30)14-10-21)5-3-17-32-18-15-22(16-19-32)28-26-4-1-2-6-27(26)33-31-28;/h1-2,4,6-14,22,25H,3,5,15-19H2;1H. The first kappa shape index (κ1) is 24.4. The van der Waals surface area contributed by atoms with Crippen LogP contribution in [0.5, 0.6) is 0 Å². The number of nitrogens with zero attached hydrogens (tertiary/aromatic N) is 2. The number of aromatic nitrogens is 1. The molecule has 1 aromatic heterocycles. The van der Waals surface area contributed by atoms with Crippen LogP contribution >= 0.6 is 12.4 Å². The molecule has 0 saturated carbocycles. The third-order valence-electron chi connectivity index (χ3n) is 6.89. The molecule has 5 rings (SSSR count). The van der Waals surface area contributed by atoms with Crippen LogP contribution < -0.4 is 0 Å². The molecule has 1 fully saturated rings. The summed E-state index contributed by atoms with van der Waals surface area (Å²) in [7, 11) is 0. The second kappa shape index (κ2) is 11.1. The second-order valence-electron chi connectivity index (χ2n) is 8.98. The lowest BCUT2D eigenvalue weighted by atomic mass is 9.87. The average molecular weight is 483 g/mol. The summed E-state index contributed by atoms with van der Waals surface area (Å²) >= 11 is 0. The molecule has 34 heavy (non-hydrogen) atoms. The van der Waals surface area contributed by atoms with E-state index in [2.05, 4.69) is 16.1 Å². The third kappa shape index (κ3) is 5.48. The molecule has 178 valence electrons. The van der Waals surface area contributed by atoms with Gasteiger partial charge in [0.05, 0.1) is 5.69 Å². The predicted molar refractivity (Wildman–Crippen MR) is 134 cm³/mol. The molecule has 1 saturated heterocycles. The maximum absolute atomic E-state index is 13.5. The molecule has 3 nitrogen and oxygen atoms in total. The number of fused-ring (bicyclic) bond motifs is 1. The third-order valence-corrected chi connectivity index (χ3v) is 6.89. The number of halogens is 3. The van der Waals surface area contributed by atoms with E-state index in [0.29, 0.717) is 5.92 Å². The van der Waals surface area contributed by atoms with E-state index in [0.717, 1.165) is 73.1 Å². The van der Waals surface area contributed by atoms with Gasteiger partial charge in [-0.25, -0.2) is 8.78 Å². The Kier molecular flexibility index (Phi) is 7.96. The van der Waals surface area contributed by atoms with E-state index in [4.69, 9.17) is 4.52 Å². The van der Waals surface area contributed by atoms with Gasteiger partial charge in [-0.1, -0.05) is 41.6 Å². The Hall–Kier alpha value is -2.76. The van der Waals surface area contributed by atoms with Gasteiger partial charge in [0.15, 0.2) is 5.58 Å². The molecule has 0 amide bonds. The highest BCUT2D eigenvalue weighted by Crippen LogP contribution is 2.33. The minimum Gasteiger partial charge on any atom is -0.356 e. The van der Waals surface area contributed by atoms with Crippen LogP contribution in [0, 0.1) is 11.6 Å². The Balaban J connectivity index is 0.00000274. The monoisotopic (exact) mass is 482 g/mol. The van der Waals surface area contributed by atoms with E-state index in [-0.39, 0.29) is 30.0 Å². The molecule has 4 aromatic rings. The highest BCUT2D eigenvalue weighted by molar-refractivity contribution is 5.85. The van der Waals surface area contributed by atoms with Gasteiger partial charge in [-0.15, -0.1) is 12.4 Å². The summed E-state index contributed by atoms with van der Waals surface area (Å²) in [5.74, 6) is 0.0973.